The van der Waals surface area contributed by atoms with Gasteiger partial charge >= 0.3 is 0 Å². The molecule has 0 aliphatic rings. The highest BCUT2D eigenvalue weighted by Crippen LogP contribution is 2.22. The minimum Gasteiger partial charge on any atom is -0.398 e. The summed E-state index contributed by atoms with van der Waals surface area (Å²) in [5.41, 5.74) is 6.64. The summed E-state index contributed by atoms with van der Waals surface area (Å²) >= 11 is 5.76. The standard InChI is InChI=1S/C13H12ClNO2S/c14-11-7-5-10(6-8-11)9-18(16,17)13-4-2-1-3-12(13)15/h1-8H,9,15H2. The molecule has 0 spiro atoms. The Kier molecular flexibility index (Phi) is 3.59. The van der Waals surface area contributed by atoms with Crippen LogP contribution in [0.1, 0.15) is 5.56 Å². The Hall–Kier alpha value is -1.52. The van der Waals surface area contributed by atoms with Gasteiger partial charge < -0.3 is 5.73 Å². The molecule has 0 bridgehead atoms. The topological polar surface area (TPSA) is 60.2 Å². The van der Waals surface area contributed by atoms with E-state index in [1.165, 1.54) is 6.07 Å². The van der Waals surface area contributed by atoms with Gasteiger partial charge in [0.2, 0.25) is 0 Å². The predicted octanol–water partition coefficient (Wildman–Crippen LogP) is 2.90. The van der Waals surface area contributed by atoms with Crippen molar-refractivity contribution in [3.05, 3.63) is 59.1 Å². The fraction of sp³-hybridized carbons (Fsp3) is 0.0769. The highest BCUT2D eigenvalue weighted by molar-refractivity contribution is 7.90. The SMILES string of the molecule is Nc1ccccc1S(=O)(=O)Cc1ccc(Cl)cc1. The van der Waals surface area contributed by atoms with E-state index in [4.69, 9.17) is 17.3 Å². The smallest absolute Gasteiger partial charge is 0.184 e. The Morgan fingerprint density at radius 3 is 2.22 bits per heavy atom. The van der Waals surface area contributed by atoms with E-state index in [9.17, 15) is 8.42 Å². The molecule has 2 aromatic carbocycles. The van der Waals surface area contributed by atoms with Crippen molar-refractivity contribution in [2.24, 2.45) is 0 Å². The third-order valence-corrected chi connectivity index (χ3v) is 4.53. The summed E-state index contributed by atoms with van der Waals surface area (Å²) in [7, 11) is -3.42. The third-order valence-electron chi connectivity index (χ3n) is 2.52. The van der Waals surface area contributed by atoms with E-state index < -0.39 is 9.84 Å². The molecule has 3 nitrogen and oxygen atoms in total. The second-order valence-electron chi connectivity index (χ2n) is 3.92. The summed E-state index contributed by atoms with van der Waals surface area (Å²) in [6.07, 6.45) is 0. The zero-order chi connectivity index (χ0) is 13.2. The van der Waals surface area contributed by atoms with Crippen LogP contribution in [0.2, 0.25) is 5.02 Å². The van der Waals surface area contributed by atoms with Gasteiger partial charge in [0, 0.05) is 5.02 Å². The van der Waals surface area contributed by atoms with Crippen LogP contribution in [0.4, 0.5) is 5.69 Å². The van der Waals surface area contributed by atoms with Crippen LogP contribution in [0.5, 0.6) is 0 Å². The number of hydrogen-bond donors (Lipinski definition) is 1. The molecular weight excluding hydrogens is 270 g/mol. The van der Waals surface area contributed by atoms with E-state index in [1.54, 1.807) is 42.5 Å². The first-order valence-corrected chi connectivity index (χ1v) is 7.34. The van der Waals surface area contributed by atoms with Gasteiger partial charge in [0.15, 0.2) is 9.84 Å². The molecule has 5 heteroatoms. The number of halogens is 1. The molecule has 18 heavy (non-hydrogen) atoms. The molecule has 2 N–H and O–H groups in total. The van der Waals surface area contributed by atoms with Crippen LogP contribution in [0, 0.1) is 0 Å². The average molecular weight is 282 g/mol. The number of sulfone groups is 1. The van der Waals surface area contributed by atoms with Crippen molar-refractivity contribution < 1.29 is 8.42 Å². The maximum absolute atomic E-state index is 12.2. The second kappa shape index (κ2) is 5.00. The average Bonchev–Trinajstić information content (AvgIpc) is 2.32. The van der Waals surface area contributed by atoms with E-state index in [0.717, 1.165) is 0 Å². The molecular formula is C13H12ClNO2S. The van der Waals surface area contributed by atoms with Gasteiger partial charge in [-0.3, -0.25) is 0 Å². The monoisotopic (exact) mass is 281 g/mol. The number of hydrogen-bond acceptors (Lipinski definition) is 3. The summed E-state index contributed by atoms with van der Waals surface area (Å²) in [5.74, 6) is -0.0849. The molecule has 0 fully saturated rings. The van der Waals surface area contributed by atoms with Gasteiger partial charge in [-0.2, -0.15) is 0 Å². The Labute approximate surface area is 111 Å². The van der Waals surface area contributed by atoms with Crippen LogP contribution in [0.15, 0.2) is 53.4 Å². The summed E-state index contributed by atoms with van der Waals surface area (Å²) in [6.45, 7) is 0. The molecule has 94 valence electrons. The largest absolute Gasteiger partial charge is 0.398 e. The molecule has 0 radical (unpaired) electrons. The normalized spacial score (nSPS) is 11.4. The lowest BCUT2D eigenvalue weighted by Crippen LogP contribution is -2.07. The van der Waals surface area contributed by atoms with Crippen LogP contribution in [-0.4, -0.2) is 8.42 Å². The zero-order valence-electron chi connectivity index (χ0n) is 9.51. The van der Waals surface area contributed by atoms with Crippen LogP contribution in [0.25, 0.3) is 0 Å². The van der Waals surface area contributed by atoms with Crippen molar-refractivity contribution in [3.8, 4) is 0 Å². The van der Waals surface area contributed by atoms with E-state index in [2.05, 4.69) is 0 Å². The van der Waals surface area contributed by atoms with E-state index in [-0.39, 0.29) is 16.3 Å². The molecule has 0 aromatic heterocycles. The molecule has 0 aliphatic heterocycles. The summed E-state index contributed by atoms with van der Waals surface area (Å²) in [5, 5.41) is 0.579. The van der Waals surface area contributed by atoms with Crippen molar-refractivity contribution in [2.45, 2.75) is 10.6 Å². The Balaban J connectivity index is 2.33. The van der Waals surface area contributed by atoms with Gasteiger partial charge in [0.1, 0.15) is 0 Å². The van der Waals surface area contributed by atoms with Crippen LogP contribution in [-0.2, 0) is 15.6 Å². The summed E-state index contributed by atoms with van der Waals surface area (Å²) in [6, 6.07) is 13.2. The van der Waals surface area contributed by atoms with Crippen molar-refractivity contribution in [2.75, 3.05) is 5.73 Å². The van der Waals surface area contributed by atoms with Crippen LogP contribution in [0.3, 0.4) is 0 Å². The molecule has 0 unspecified atom stereocenters. The number of para-hydroxylation sites is 1. The van der Waals surface area contributed by atoms with Crippen molar-refractivity contribution in [1.29, 1.82) is 0 Å². The first-order valence-electron chi connectivity index (χ1n) is 5.31. The van der Waals surface area contributed by atoms with Crippen LogP contribution < -0.4 is 5.73 Å². The lowest BCUT2D eigenvalue weighted by Gasteiger charge is -2.07. The Morgan fingerprint density at radius 1 is 1.00 bits per heavy atom. The highest BCUT2D eigenvalue weighted by Gasteiger charge is 2.17. The third kappa shape index (κ3) is 2.83. The molecule has 2 aromatic rings. The second-order valence-corrected chi connectivity index (χ2v) is 6.32. The Morgan fingerprint density at radius 2 is 1.61 bits per heavy atom. The number of nitrogen functional groups attached to an aromatic ring is 1. The maximum atomic E-state index is 12.2. The van der Waals surface area contributed by atoms with Gasteiger partial charge in [0.05, 0.1) is 16.3 Å². The van der Waals surface area contributed by atoms with Crippen molar-refractivity contribution in [1.82, 2.24) is 0 Å². The molecule has 0 atom stereocenters. The lowest BCUT2D eigenvalue weighted by molar-refractivity contribution is 0.595. The Bertz CT molecular complexity index is 651. The fourth-order valence-electron chi connectivity index (χ4n) is 1.64. The minimum absolute atomic E-state index is 0.0849. The zero-order valence-corrected chi connectivity index (χ0v) is 11.1. The molecule has 0 amide bonds. The lowest BCUT2D eigenvalue weighted by atomic mass is 10.2. The first-order chi connectivity index (χ1) is 8.49. The fourth-order valence-corrected chi connectivity index (χ4v) is 3.27. The molecule has 0 aliphatic carbocycles. The molecule has 0 saturated heterocycles. The number of rotatable bonds is 3. The predicted molar refractivity (Wildman–Crippen MR) is 73.2 cm³/mol. The minimum atomic E-state index is -3.42. The summed E-state index contributed by atoms with van der Waals surface area (Å²) < 4.78 is 24.4. The first kappa shape index (κ1) is 12.9. The molecule has 0 heterocycles. The van der Waals surface area contributed by atoms with Gasteiger partial charge in [0.25, 0.3) is 0 Å². The molecule has 0 saturated carbocycles. The van der Waals surface area contributed by atoms with Crippen LogP contribution >= 0.6 is 11.6 Å². The van der Waals surface area contributed by atoms with E-state index >= 15 is 0 Å². The van der Waals surface area contributed by atoms with E-state index in [1.807, 2.05) is 0 Å². The van der Waals surface area contributed by atoms with Gasteiger partial charge in [-0.15, -0.1) is 0 Å². The maximum Gasteiger partial charge on any atom is 0.184 e. The highest BCUT2D eigenvalue weighted by atomic mass is 35.5. The van der Waals surface area contributed by atoms with Crippen molar-refractivity contribution >= 4 is 27.1 Å². The van der Waals surface area contributed by atoms with Gasteiger partial charge in [-0.1, -0.05) is 35.9 Å². The van der Waals surface area contributed by atoms with Crippen molar-refractivity contribution in [3.63, 3.8) is 0 Å². The van der Waals surface area contributed by atoms with Gasteiger partial charge in [-0.05, 0) is 29.8 Å². The number of anilines is 1. The number of nitrogens with two attached hydrogens (primary N) is 1. The quantitative estimate of drug-likeness (QED) is 0.880. The molecule has 2 rings (SSSR count). The number of benzene rings is 2. The van der Waals surface area contributed by atoms with E-state index in [0.29, 0.717) is 10.6 Å². The summed E-state index contributed by atoms with van der Waals surface area (Å²) in [4.78, 5) is 0.167. The van der Waals surface area contributed by atoms with Gasteiger partial charge in [-0.25, -0.2) is 8.42 Å².